The Kier molecular flexibility index (Phi) is 8.20. The molecule has 0 heterocycles. The van der Waals surface area contributed by atoms with E-state index in [2.05, 4.69) is 34.6 Å². The molecule has 0 aliphatic carbocycles. The van der Waals surface area contributed by atoms with Crippen molar-refractivity contribution in [2.24, 2.45) is 11.8 Å². The first-order valence-electron chi connectivity index (χ1n) is 6.03. The maximum atomic E-state index is 5.82. The van der Waals surface area contributed by atoms with Gasteiger partial charge >= 0.3 is 0 Å². The third kappa shape index (κ3) is 8.52. The average Bonchev–Trinajstić information content (AvgIpc) is 2.02. The van der Waals surface area contributed by atoms with Crippen molar-refractivity contribution in [1.82, 2.24) is 0 Å². The highest BCUT2D eigenvalue weighted by molar-refractivity contribution is 4.40. The minimum absolute atomic E-state index is 0.713. The van der Waals surface area contributed by atoms with Crippen LogP contribution in [0.5, 0.6) is 0 Å². The topological polar surface area (TPSA) is 13.7 Å². The number of quaternary nitrogens is 1. The normalized spacial score (nSPS) is 12.0. The zero-order valence-electron chi connectivity index (χ0n) is 10.6. The molecular weight excluding hydrogens is 174 g/mol. The van der Waals surface area contributed by atoms with E-state index in [1.165, 1.54) is 17.9 Å². The molecule has 14 heavy (non-hydrogen) atoms. The Labute approximate surface area is 89.6 Å². The summed E-state index contributed by atoms with van der Waals surface area (Å²) in [5, 5.41) is 1.31. The van der Waals surface area contributed by atoms with Gasteiger partial charge in [-0.2, -0.15) is 5.06 Å². The van der Waals surface area contributed by atoms with E-state index in [0.29, 0.717) is 11.8 Å². The van der Waals surface area contributed by atoms with Gasteiger partial charge < -0.3 is 0 Å². The number of hydrogen-bond acceptors (Lipinski definition) is 1. The van der Waals surface area contributed by atoms with E-state index >= 15 is 0 Å². The molecule has 0 aliphatic rings. The summed E-state index contributed by atoms with van der Waals surface area (Å²) in [7, 11) is 0. The minimum atomic E-state index is 0.713. The van der Waals surface area contributed by atoms with Gasteiger partial charge in [-0.3, -0.25) is 0 Å². The van der Waals surface area contributed by atoms with Crippen LogP contribution in [-0.2, 0) is 4.84 Å². The Morgan fingerprint density at radius 3 is 1.86 bits per heavy atom. The number of nitrogens with one attached hydrogen (secondary N) is 1. The van der Waals surface area contributed by atoms with Gasteiger partial charge in [-0.25, -0.2) is 4.84 Å². The molecule has 0 aromatic heterocycles. The van der Waals surface area contributed by atoms with Crippen molar-refractivity contribution >= 4 is 0 Å². The van der Waals surface area contributed by atoms with E-state index in [9.17, 15) is 0 Å². The molecule has 0 aromatic carbocycles. The van der Waals surface area contributed by atoms with Crippen molar-refractivity contribution < 1.29 is 9.90 Å². The van der Waals surface area contributed by atoms with E-state index in [4.69, 9.17) is 4.84 Å². The Morgan fingerprint density at radius 2 is 1.50 bits per heavy atom. The van der Waals surface area contributed by atoms with Gasteiger partial charge in [-0.05, 0) is 6.42 Å². The summed E-state index contributed by atoms with van der Waals surface area (Å²) >= 11 is 0. The van der Waals surface area contributed by atoms with Crippen molar-refractivity contribution in [3.05, 3.63) is 0 Å². The number of hydroxylamine groups is 2. The molecule has 0 radical (unpaired) electrons. The van der Waals surface area contributed by atoms with Crippen LogP contribution in [0.2, 0.25) is 0 Å². The lowest BCUT2D eigenvalue weighted by Gasteiger charge is -2.20. The molecule has 0 fully saturated rings. The van der Waals surface area contributed by atoms with Crippen LogP contribution in [0, 0.1) is 11.8 Å². The van der Waals surface area contributed by atoms with Crippen molar-refractivity contribution in [3.8, 4) is 0 Å². The molecule has 2 nitrogen and oxygen atoms in total. The number of unbranched alkanes of at least 4 members (excludes halogenated alkanes) is 1. The first kappa shape index (κ1) is 13.9. The average molecular weight is 202 g/mol. The predicted octanol–water partition coefficient (Wildman–Crippen LogP) is 1.91. The molecule has 0 aliphatic heterocycles. The van der Waals surface area contributed by atoms with Crippen LogP contribution in [0.25, 0.3) is 0 Å². The molecule has 0 atom stereocenters. The van der Waals surface area contributed by atoms with Crippen molar-refractivity contribution in [2.75, 3.05) is 19.7 Å². The smallest absolute Gasteiger partial charge is 0.109 e. The van der Waals surface area contributed by atoms with Gasteiger partial charge in [0, 0.05) is 11.8 Å². The first-order chi connectivity index (χ1) is 6.56. The summed E-state index contributed by atoms with van der Waals surface area (Å²) in [6, 6.07) is 0. The largest absolute Gasteiger partial charge is 0.205 e. The van der Waals surface area contributed by atoms with E-state index < -0.39 is 0 Å². The molecular formula is C12H28NO+. The van der Waals surface area contributed by atoms with Gasteiger partial charge in [-0.15, -0.1) is 0 Å². The lowest BCUT2D eigenvalue weighted by atomic mass is 10.2. The van der Waals surface area contributed by atoms with Gasteiger partial charge in [0.1, 0.15) is 19.7 Å². The Balaban J connectivity index is 3.72. The highest BCUT2D eigenvalue weighted by Gasteiger charge is 2.13. The molecule has 0 spiro atoms. The summed E-state index contributed by atoms with van der Waals surface area (Å²) in [5.74, 6) is 1.43. The SMILES string of the molecule is CCCCO[NH+](CC(C)C)CC(C)C. The van der Waals surface area contributed by atoms with E-state index in [0.717, 1.165) is 19.7 Å². The van der Waals surface area contributed by atoms with E-state index in [-0.39, 0.29) is 0 Å². The highest BCUT2D eigenvalue weighted by atomic mass is 16.7. The number of rotatable bonds is 8. The van der Waals surface area contributed by atoms with Crippen LogP contribution in [0.15, 0.2) is 0 Å². The first-order valence-corrected chi connectivity index (χ1v) is 6.03. The summed E-state index contributed by atoms with van der Waals surface area (Å²) in [6.07, 6.45) is 2.40. The molecule has 0 saturated heterocycles. The quantitative estimate of drug-likeness (QED) is 0.469. The molecule has 0 unspecified atom stereocenters. The summed E-state index contributed by atoms with van der Waals surface area (Å²) in [4.78, 5) is 5.82. The fourth-order valence-corrected chi connectivity index (χ4v) is 1.47. The van der Waals surface area contributed by atoms with Crippen molar-refractivity contribution in [3.63, 3.8) is 0 Å². The molecule has 0 saturated carbocycles. The summed E-state index contributed by atoms with van der Waals surface area (Å²) in [6.45, 7) is 14.4. The van der Waals surface area contributed by atoms with Gasteiger partial charge in [-0.1, -0.05) is 41.0 Å². The van der Waals surface area contributed by atoms with Gasteiger partial charge in [0.15, 0.2) is 0 Å². The van der Waals surface area contributed by atoms with Gasteiger partial charge in [0.2, 0.25) is 0 Å². The molecule has 0 rings (SSSR count). The van der Waals surface area contributed by atoms with E-state index in [1.54, 1.807) is 0 Å². The molecule has 0 aromatic rings. The molecule has 0 amide bonds. The maximum Gasteiger partial charge on any atom is 0.109 e. The lowest BCUT2D eigenvalue weighted by molar-refractivity contribution is -1.10. The molecule has 0 bridgehead atoms. The van der Waals surface area contributed by atoms with Crippen molar-refractivity contribution in [1.29, 1.82) is 0 Å². The monoisotopic (exact) mass is 202 g/mol. The molecule has 2 heteroatoms. The summed E-state index contributed by atoms with van der Waals surface area (Å²) in [5.41, 5.74) is 0. The van der Waals surface area contributed by atoms with Crippen LogP contribution < -0.4 is 5.06 Å². The van der Waals surface area contributed by atoms with Gasteiger partial charge in [0.05, 0.1) is 0 Å². The fraction of sp³-hybridized carbons (Fsp3) is 1.00. The second kappa shape index (κ2) is 8.25. The van der Waals surface area contributed by atoms with Gasteiger partial charge in [0.25, 0.3) is 0 Å². The zero-order valence-corrected chi connectivity index (χ0v) is 10.6. The van der Waals surface area contributed by atoms with Crippen LogP contribution in [0.4, 0.5) is 0 Å². The van der Waals surface area contributed by atoms with Crippen LogP contribution in [0.1, 0.15) is 47.5 Å². The fourth-order valence-electron chi connectivity index (χ4n) is 1.47. The number of hydrogen-bond donors (Lipinski definition) is 1. The molecule has 1 N–H and O–H groups in total. The molecule has 86 valence electrons. The minimum Gasteiger partial charge on any atom is -0.205 e. The standard InChI is InChI=1S/C12H27NO/c1-6-7-8-14-13(9-11(2)3)10-12(4)5/h11-12H,6-10H2,1-5H3/p+1. The van der Waals surface area contributed by atoms with Crippen molar-refractivity contribution in [2.45, 2.75) is 47.5 Å². The maximum absolute atomic E-state index is 5.82. The third-order valence-corrected chi connectivity index (χ3v) is 2.08. The second-order valence-electron chi connectivity index (χ2n) is 4.94. The highest BCUT2D eigenvalue weighted by Crippen LogP contribution is 1.90. The van der Waals surface area contributed by atoms with Crippen LogP contribution >= 0.6 is 0 Å². The third-order valence-electron chi connectivity index (χ3n) is 2.08. The Hall–Kier alpha value is -0.0800. The summed E-state index contributed by atoms with van der Waals surface area (Å²) < 4.78 is 0. The second-order valence-corrected chi connectivity index (χ2v) is 4.94. The Bertz CT molecular complexity index is 113. The van der Waals surface area contributed by atoms with Crippen LogP contribution in [0.3, 0.4) is 0 Å². The van der Waals surface area contributed by atoms with Crippen LogP contribution in [-0.4, -0.2) is 19.7 Å². The Morgan fingerprint density at radius 1 is 1.00 bits per heavy atom. The zero-order chi connectivity index (χ0) is 11.0. The van der Waals surface area contributed by atoms with E-state index in [1.807, 2.05) is 0 Å². The lowest BCUT2D eigenvalue weighted by Crippen LogP contribution is -3.12. The predicted molar refractivity (Wildman–Crippen MR) is 61.2 cm³/mol.